The number of carbonyl (C=O) groups excluding carboxylic acids is 1. The number of amides is 1. The number of benzene rings is 2. The fourth-order valence-corrected chi connectivity index (χ4v) is 3.53. The lowest BCUT2D eigenvalue weighted by Gasteiger charge is -2.34. The van der Waals surface area contributed by atoms with Gasteiger partial charge >= 0.3 is 0 Å². The van der Waals surface area contributed by atoms with Gasteiger partial charge in [0.25, 0.3) is 5.91 Å². The minimum absolute atomic E-state index is 0.0423. The molecule has 1 amide bonds. The van der Waals surface area contributed by atoms with Gasteiger partial charge in [-0.3, -0.25) is 4.79 Å². The average molecular weight is 438 g/mol. The number of morpholine rings is 1. The second-order valence-corrected chi connectivity index (χ2v) is 7.47. The molecule has 0 spiro atoms. The highest BCUT2D eigenvalue weighted by atomic mass is 79.9. The van der Waals surface area contributed by atoms with E-state index in [4.69, 9.17) is 4.74 Å². The Morgan fingerprint density at radius 2 is 1.86 bits per heavy atom. The number of nitrogens with one attached hydrogen (secondary N) is 1. The Morgan fingerprint density at radius 1 is 1.07 bits per heavy atom. The van der Waals surface area contributed by atoms with Crippen molar-refractivity contribution in [3.63, 3.8) is 0 Å². The Bertz CT molecular complexity index is 948. The predicted octanol–water partition coefficient (Wildman–Crippen LogP) is 4.67. The van der Waals surface area contributed by atoms with Crippen molar-refractivity contribution < 1.29 is 9.53 Å². The van der Waals surface area contributed by atoms with Crippen LogP contribution in [0.4, 0.5) is 11.5 Å². The van der Waals surface area contributed by atoms with Gasteiger partial charge in [-0.05, 0) is 42.0 Å². The second kappa shape index (κ2) is 8.54. The Morgan fingerprint density at radius 3 is 2.64 bits per heavy atom. The summed E-state index contributed by atoms with van der Waals surface area (Å²) in [6.07, 6.45) is 1.68. The molecule has 1 aromatic heterocycles. The van der Waals surface area contributed by atoms with E-state index in [-0.39, 0.29) is 12.0 Å². The molecule has 2 aromatic carbocycles. The fourth-order valence-electron chi connectivity index (χ4n) is 3.27. The van der Waals surface area contributed by atoms with Gasteiger partial charge in [0.05, 0.1) is 12.2 Å². The molecule has 6 heteroatoms. The number of hydrogen-bond acceptors (Lipinski definition) is 4. The van der Waals surface area contributed by atoms with E-state index in [0.29, 0.717) is 31.1 Å². The van der Waals surface area contributed by atoms with Crippen LogP contribution in [0.15, 0.2) is 77.4 Å². The van der Waals surface area contributed by atoms with Crippen LogP contribution in [-0.4, -0.2) is 30.6 Å². The van der Waals surface area contributed by atoms with Gasteiger partial charge in [-0.25, -0.2) is 4.98 Å². The first-order valence-electron chi connectivity index (χ1n) is 9.14. The summed E-state index contributed by atoms with van der Waals surface area (Å²) >= 11 is 3.40. The van der Waals surface area contributed by atoms with E-state index in [0.717, 1.165) is 15.7 Å². The summed E-state index contributed by atoms with van der Waals surface area (Å²) < 4.78 is 6.91. The smallest absolute Gasteiger partial charge is 0.259 e. The Labute approximate surface area is 172 Å². The maximum absolute atomic E-state index is 12.9. The maximum Gasteiger partial charge on any atom is 0.259 e. The molecule has 1 N–H and O–H groups in total. The van der Waals surface area contributed by atoms with Gasteiger partial charge in [-0.15, -0.1) is 0 Å². The summed E-state index contributed by atoms with van der Waals surface area (Å²) in [5.74, 6) is 0.509. The topological polar surface area (TPSA) is 54.5 Å². The van der Waals surface area contributed by atoms with E-state index in [1.165, 1.54) is 0 Å². The minimum Gasteiger partial charge on any atom is -0.370 e. The van der Waals surface area contributed by atoms with Crippen LogP contribution in [0.25, 0.3) is 0 Å². The summed E-state index contributed by atoms with van der Waals surface area (Å²) in [5.41, 5.74) is 2.43. The van der Waals surface area contributed by atoms with Gasteiger partial charge < -0.3 is 15.0 Å². The van der Waals surface area contributed by atoms with E-state index in [9.17, 15) is 4.79 Å². The molecule has 3 aromatic rings. The summed E-state index contributed by atoms with van der Waals surface area (Å²) in [7, 11) is 0. The minimum atomic E-state index is -0.173. The third kappa shape index (κ3) is 4.24. The summed E-state index contributed by atoms with van der Waals surface area (Å²) in [6, 6.07) is 21.2. The van der Waals surface area contributed by atoms with Crippen LogP contribution in [0.5, 0.6) is 0 Å². The molecule has 0 bridgehead atoms. The monoisotopic (exact) mass is 437 g/mol. The van der Waals surface area contributed by atoms with Crippen molar-refractivity contribution in [2.45, 2.75) is 6.10 Å². The van der Waals surface area contributed by atoms with Crippen molar-refractivity contribution in [2.75, 3.05) is 29.9 Å². The number of halogens is 1. The number of ether oxygens (including phenoxy) is 1. The molecule has 28 heavy (non-hydrogen) atoms. The molecule has 1 unspecified atom stereocenters. The summed E-state index contributed by atoms with van der Waals surface area (Å²) in [4.78, 5) is 19.5. The number of nitrogens with zero attached hydrogens (tertiary/aromatic N) is 2. The quantitative estimate of drug-likeness (QED) is 0.643. The fraction of sp³-hybridized carbons (Fsp3) is 0.182. The molecule has 0 saturated carbocycles. The lowest BCUT2D eigenvalue weighted by molar-refractivity contribution is 0.0394. The molecule has 1 aliphatic heterocycles. The van der Waals surface area contributed by atoms with Crippen LogP contribution in [-0.2, 0) is 4.74 Å². The average Bonchev–Trinajstić information content (AvgIpc) is 2.76. The van der Waals surface area contributed by atoms with E-state index in [2.05, 4.69) is 43.3 Å². The molecule has 0 aliphatic carbocycles. The Hall–Kier alpha value is -2.70. The number of aromatic nitrogens is 1. The normalized spacial score (nSPS) is 16.6. The van der Waals surface area contributed by atoms with Crippen LogP contribution in [0.2, 0.25) is 0 Å². The molecule has 2 heterocycles. The Balaban J connectivity index is 1.55. The van der Waals surface area contributed by atoms with Crippen LogP contribution in [0.1, 0.15) is 22.0 Å². The third-order valence-electron chi connectivity index (χ3n) is 4.67. The second-order valence-electron chi connectivity index (χ2n) is 6.55. The highest BCUT2D eigenvalue weighted by Crippen LogP contribution is 2.27. The number of carbonyl (C=O) groups is 1. The SMILES string of the molecule is O=C(Nc1ccc(Br)cc1)c1cccnc1N1CCOC(c2ccccc2)C1. The van der Waals surface area contributed by atoms with Crippen molar-refractivity contribution in [1.82, 2.24) is 4.98 Å². The van der Waals surface area contributed by atoms with Gasteiger partial charge in [0.1, 0.15) is 11.9 Å². The van der Waals surface area contributed by atoms with E-state index in [1.807, 2.05) is 48.5 Å². The summed E-state index contributed by atoms with van der Waals surface area (Å²) in [6.45, 7) is 1.93. The van der Waals surface area contributed by atoms with Gasteiger partial charge in [0, 0.05) is 29.4 Å². The Kier molecular flexibility index (Phi) is 5.69. The van der Waals surface area contributed by atoms with Crippen molar-refractivity contribution >= 4 is 33.3 Å². The lowest BCUT2D eigenvalue weighted by Crippen LogP contribution is -2.39. The zero-order valence-electron chi connectivity index (χ0n) is 15.2. The van der Waals surface area contributed by atoms with Crippen molar-refractivity contribution in [1.29, 1.82) is 0 Å². The summed E-state index contributed by atoms with van der Waals surface area (Å²) in [5, 5.41) is 2.95. The lowest BCUT2D eigenvalue weighted by atomic mass is 10.1. The highest BCUT2D eigenvalue weighted by Gasteiger charge is 2.26. The van der Waals surface area contributed by atoms with Gasteiger partial charge in [0.2, 0.25) is 0 Å². The third-order valence-corrected chi connectivity index (χ3v) is 5.20. The van der Waals surface area contributed by atoms with Gasteiger partial charge in [0.15, 0.2) is 0 Å². The van der Waals surface area contributed by atoms with Crippen LogP contribution in [0.3, 0.4) is 0 Å². The molecule has 1 aliphatic rings. The molecule has 1 fully saturated rings. The van der Waals surface area contributed by atoms with E-state index >= 15 is 0 Å². The standard InChI is InChI=1S/C22H20BrN3O2/c23-17-8-10-18(11-9-17)25-22(27)19-7-4-12-24-21(19)26-13-14-28-20(15-26)16-5-2-1-3-6-16/h1-12,20H,13-15H2,(H,25,27). The number of anilines is 2. The largest absolute Gasteiger partial charge is 0.370 e. The van der Waals surface area contributed by atoms with Crippen LogP contribution in [0, 0.1) is 0 Å². The number of rotatable bonds is 4. The number of hydrogen-bond donors (Lipinski definition) is 1. The first kappa shape index (κ1) is 18.7. The predicted molar refractivity (Wildman–Crippen MR) is 114 cm³/mol. The van der Waals surface area contributed by atoms with Crippen molar-refractivity contribution in [3.05, 3.63) is 88.5 Å². The van der Waals surface area contributed by atoms with Crippen molar-refractivity contribution in [2.24, 2.45) is 0 Å². The molecule has 142 valence electrons. The maximum atomic E-state index is 12.9. The first-order chi connectivity index (χ1) is 13.7. The zero-order valence-corrected chi connectivity index (χ0v) is 16.8. The number of pyridine rings is 1. The molecule has 0 radical (unpaired) electrons. The zero-order chi connectivity index (χ0) is 19.3. The first-order valence-corrected chi connectivity index (χ1v) is 9.93. The van der Waals surface area contributed by atoms with E-state index < -0.39 is 0 Å². The van der Waals surface area contributed by atoms with Crippen LogP contribution < -0.4 is 10.2 Å². The van der Waals surface area contributed by atoms with Crippen LogP contribution >= 0.6 is 15.9 Å². The van der Waals surface area contributed by atoms with Gasteiger partial charge in [-0.1, -0.05) is 46.3 Å². The molecule has 4 rings (SSSR count). The van der Waals surface area contributed by atoms with E-state index in [1.54, 1.807) is 12.3 Å². The molecular formula is C22H20BrN3O2. The molecule has 1 atom stereocenters. The molecule has 1 saturated heterocycles. The van der Waals surface area contributed by atoms with Gasteiger partial charge in [-0.2, -0.15) is 0 Å². The molecule has 5 nitrogen and oxygen atoms in total. The van der Waals surface area contributed by atoms with Crippen molar-refractivity contribution in [3.8, 4) is 0 Å². The highest BCUT2D eigenvalue weighted by molar-refractivity contribution is 9.10. The molecular weight excluding hydrogens is 418 g/mol.